The quantitative estimate of drug-likeness (QED) is 0.508. The number of pyridine rings is 1. The second-order valence-electron chi connectivity index (χ2n) is 7.51. The first-order valence-electron chi connectivity index (χ1n) is 10.6. The summed E-state index contributed by atoms with van der Waals surface area (Å²) in [6.45, 7) is 4.15. The highest BCUT2D eigenvalue weighted by atomic mass is 79.9. The standard InChI is InChI=1S/C24H23BrN4O3S/c1-2-32-24(31)29-12-10-28(11-13-29)23(33)27-22(30)19-15-21(16-6-5-7-17(25)14-16)26-20-9-4-3-8-18(19)20/h3-9,14-15H,2,10-13H2,1H3,(H,27,30,33). The molecule has 7 nitrogen and oxygen atoms in total. The Morgan fingerprint density at radius 2 is 1.79 bits per heavy atom. The van der Waals surface area contributed by atoms with Crippen LogP contribution in [0.2, 0.25) is 0 Å². The van der Waals surface area contributed by atoms with Crippen molar-refractivity contribution in [1.82, 2.24) is 20.1 Å². The minimum absolute atomic E-state index is 0.289. The number of hydrogen-bond donors (Lipinski definition) is 1. The molecule has 1 fully saturated rings. The van der Waals surface area contributed by atoms with E-state index in [4.69, 9.17) is 21.9 Å². The lowest BCUT2D eigenvalue weighted by atomic mass is 10.0. The molecule has 1 aliphatic rings. The van der Waals surface area contributed by atoms with Crippen molar-refractivity contribution in [1.29, 1.82) is 0 Å². The molecule has 9 heteroatoms. The van der Waals surface area contributed by atoms with Gasteiger partial charge in [0.25, 0.3) is 5.91 Å². The number of piperazine rings is 1. The number of thiocarbonyl (C=S) groups is 1. The van der Waals surface area contributed by atoms with Crippen LogP contribution in [0.3, 0.4) is 0 Å². The zero-order chi connectivity index (χ0) is 23.4. The summed E-state index contributed by atoms with van der Waals surface area (Å²) in [7, 11) is 0. The second-order valence-corrected chi connectivity index (χ2v) is 8.82. The maximum Gasteiger partial charge on any atom is 0.409 e. The Morgan fingerprint density at radius 1 is 1.06 bits per heavy atom. The van der Waals surface area contributed by atoms with E-state index in [1.54, 1.807) is 17.9 Å². The highest BCUT2D eigenvalue weighted by Gasteiger charge is 2.24. The molecule has 0 bridgehead atoms. The van der Waals surface area contributed by atoms with Gasteiger partial charge in [0.05, 0.1) is 23.4 Å². The van der Waals surface area contributed by atoms with E-state index in [1.165, 1.54) is 0 Å². The molecule has 4 rings (SSSR count). The van der Waals surface area contributed by atoms with Crippen LogP contribution >= 0.6 is 28.1 Å². The van der Waals surface area contributed by atoms with Gasteiger partial charge >= 0.3 is 6.09 Å². The summed E-state index contributed by atoms with van der Waals surface area (Å²) in [4.78, 5) is 33.5. The van der Waals surface area contributed by atoms with Crippen LogP contribution in [0.1, 0.15) is 17.3 Å². The second kappa shape index (κ2) is 10.3. The van der Waals surface area contributed by atoms with Crippen molar-refractivity contribution in [2.75, 3.05) is 32.8 Å². The number of nitrogens with one attached hydrogen (secondary N) is 1. The summed E-state index contributed by atoms with van der Waals surface area (Å²) >= 11 is 9.00. The average Bonchev–Trinajstić information content (AvgIpc) is 2.83. The van der Waals surface area contributed by atoms with Gasteiger partial charge in [0.15, 0.2) is 5.11 Å². The zero-order valence-corrected chi connectivity index (χ0v) is 20.5. The molecule has 0 atom stereocenters. The van der Waals surface area contributed by atoms with Crippen molar-refractivity contribution in [3.05, 3.63) is 64.6 Å². The number of para-hydroxylation sites is 1. The predicted octanol–water partition coefficient (Wildman–Crippen LogP) is 4.45. The van der Waals surface area contributed by atoms with Crippen molar-refractivity contribution in [2.45, 2.75) is 6.92 Å². The number of carbonyl (C=O) groups excluding carboxylic acids is 2. The van der Waals surface area contributed by atoms with Gasteiger partial charge in [-0.3, -0.25) is 10.1 Å². The monoisotopic (exact) mass is 526 g/mol. The number of fused-ring (bicyclic) bond motifs is 1. The van der Waals surface area contributed by atoms with Crippen LogP contribution in [-0.4, -0.2) is 64.7 Å². The fourth-order valence-electron chi connectivity index (χ4n) is 3.71. The highest BCUT2D eigenvalue weighted by Crippen LogP contribution is 2.26. The van der Waals surface area contributed by atoms with E-state index in [0.29, 0.717) is 49.2 Å². The first-order chi connectivity index (χ1) is 16.0. The summed E-state index contributed by atoms with van der Waals surface area (Å²) in [6.07, 6.45) is -0.324. The molecule has 0 unspecified atom stereocenters. The Labute approximate surface area is 205 Å². The Morgan fingerprint density at radius 3 is 2.52 bits per heavy atom. The van der Waals surface area contributed by atoms with Crippen molar-refractivity contribution in [2.24, 2.45) is 0 Å². The molecule has 1 aromatic heterocycles. The van der Waals surface area contributed by atoms with Gasteiger partial charge in [-0.1, -0.05) is 46.3 Å². The van der Waals surface area contributed by atoms with E-state index < -0.39 is 0 Å². The van der Waals surface area contributed by atoms with Crippen LogP contribution in [-0.2, 0) is 4.74 Å². The van der Waals surface area contributed by atoms with Crippen molar-refractivity contribution in [3.8, 4) is 11.3 Å². The fraction of sp³-hybridized carbons (Fsp3) is 0.250. The van der Waals surface area contributed by atoms with Crippen LogP contribution in [0.25, 0.3) is 22.2 Å². The summed E-state index contributed by atoms with van der Waals surface area (Å²) in [5, 5.41) is 3.96. The smallest absolute Gasteiger partial charge is 0.409 e. The molecule has 2 heterocycles. The highest BCUT2D eigenvalue weighted by molar-refractivity contribution is 9.10. The van der Waals surface area contributed by atoms with Crippen molar-refractivity contribution in [3.63, 3.8) is 0 Å². The molecule has 170 valence electrons. The van der Waals surface area contributed by atoms with E-state index in [9.17, 15) is 9.59 Å². The van der Waals surface area contributed by atoms with Gasteiger partial charge in [-0.05, 0) is 43.4 Å². The van der Waals surface area contributed by atoms with Gasteiger partial charge in [0.1, 0.15) is 0 Å². The molecule has 1 saturated heterocycles. The average molecular weight is 527 g/mol. The molecule has 0 spiro atoms. The lowest BCUT2D eigenvalue weighted by Crippen LogP contribution is -2.54. The minimum Gasteiger partial charge on any atom is -0.450 e. The predicted molar refractivity (Wildman–Crippen MR) is 135 cm³/mol. The Kier molecular flexibility index (Phi) is 7.20. The molecular weight excluding hydrogens is 504 g/mol. The molecule has 1 N–H and O–H groups in total. The van der Waals surface area contributed by atoms with Gasteiger partial charge in [-0.25, -0.2) is 9.78 Å². The third-order valence-corrected chi connectivity index (χ3v) is 6.25. The van der Waals surface area contributed by atoms with Crippen LogP contribution in [0.4, 0.5) is 4.79 Å². The van der Waals surface area contributed by atoms with Crippen LogP contribution in [0.5, 0.6) is 0 Å². The number of ether oxygens (including phenoxy) is 1. The molecule has 2 amide bonds. The fourth-order valence-corrected chi connectivity index (χ4v) is 4.38. The van der Waals surface area contributed by atoms with Crippen molar-refractivity contribution < 1.29 is 14.3 Å². The summed E-state index contributed by atoms with van der Waals surface area (Å²) in [5.74, 6) is -0.289. The number of halogens is 1. The normalized spacial score (nSPS) is 13.6. The van der Waals surface area contributed by atoms with Crippen molar-refractivity contribution >= 4 is 56.2 Å². The molecule has 3 aromatic rings. The topological polar surface area (TPSA) is 74.8 Å². The summed E-state index contributed by atoms with van der Waals surface area (Å²) < 4.78 is 5.99. The Hall–Kier alpha value is -3.04. The third-order valence-electron chi connectivity index (χ3n) is 5.39. The zero-order valence-electron chi connectivity index (χ0n) is 18.1. The van der Waals surface area contributed by atoms with Crippen LogP contribution < -0.4 is 5.32 Å². The summed E-state index contributed by atoms with van der Waals surface area (Å²) in [5.41, 5.74) is 2.84. The number of aromatic nitrogens is 1. The largest absolute Gasteiger partial charge is 0.450 e. The maximum atomic E-state index is 13.3. The van der Waals surface area contributed by atoms with Gasteiger partial charge < -0.3 is 14.5 Å². The molecule has 1 aliphatic heterocycles. The first-order valence-corrected chi connectivity index (χ1v) is 11.8. The van der Waals surface area contributed by atoms with E-state index in [0.717, 1.165) is 20.9 Å². The summed E-state index contributed by atoms with van der Waals surface area (Å²) in [6, 6.07) is 17.1. The van der Waals surface area contributed by atoms with E-state index in [-0.39, 0.29) is 12.0 Å². The molecule has 0 saturated carbocycles. The van der Waals surface area contributed by atoms with Gasteiger partial charge in [0, 0.05) is 41.6 Å². The number of rotatable bonds is 3. The lowest BCUT2D eigenvalue weighted by molar-refractivity contribution is 0.0897. The Bertz CT molecular complexity index is 1210. The third kappa shape index (κ3) is 5.31. The maximum absolute atomic E-state index is 13.3. The Balaban J connectivity index is 1.53. The number of amides is 2. The van der Waals surface area contributed by atoms with E-state index >= 15 is 0 Å². The van der Waals surface area contributed by atoms with Gasteiger partial charge in [-0.15, -0.1) is 0 Å². The van der Waals surface area contributed by atoms with Crippen LogP contribution in [0, 0.1) is 0 Å². The van der Waals surface area contributed by atoms with E-state index in [2.05, 4.69) is 21.2 Å². The van der Waals surface area contributed by atoms with Gasteiger partial charge in [-0.2, -0.15) is 0 Å². The SMILES string of the molecule is CCOC(=O)N1CCN(C(=S)NC(=O)c2cc(-c3cccc(Br)c3)nc3ccccc23)CC1. The number of hydrogen-bond acceptors (Lipinski definition) is 5. The lowest BCUT2D eigenvalue weighted by Gasteiger charge is -2.35. The first kappa shape index (κ1) is 23.1. The molecule has 0 radical (unpaired) electrons. The minimum atomic E-state index is -0.324. The van der Waals surface area contributed by atoms with E-state index in [1.807, 2.05) is 53.4 Å². The number of benzene rings is 2. The van der Waals surface area contributed by atoms with Gasteiger partial charge in [0.2, 0.25) is 0 Å². The molecule has 0 aliphatic carbocycles. The molecule has 2 aromatic carbocycles. The molecule has 33 heavy (non-hydrogen) atoms. The molecular formula is C24H23BrN4O3S. The number of carbonyl (C=O) groups is 2. The number of nitrogens with zero attached hydrogens (tertiary/aromatic N) is 3. The van der Waals surface area contributed by atoms with Crippen LogP contribution in [0.15, 0.2) is 59.1 Å².